The van der Waals surface area contributed by atoms with Gasteiger partial charge in [0.15, 0.2) is 15.9 Å². The molecule has 1 amide bonds. The molecular formula is C25H21ClF3NO4S. The quantitative estimate of drug-likeness (QED) is 0.418. The molecule has 0 N–H and O–H groups in total. The molecule has 0 saturated carbocycles. The van der Waals surface area contributed by atoms with Gasteiger partial charge in [-0.2, -0.15) is 13.2 Å². The van der Waals surface area contributed by atoms with E-state index < -0.39 is 28.0 Å². The smallest absolute Gasteiger partial charge is 0.425 e. The molecule has 0 spiro atoms. The molecule has 10 heteroatoms. The lowest BCUT2D eigenvalue weighted by molar-refractivity contribution is -0.189. The Kier molecular flexibility index (Phi) is 6.59. The first kappa shape index (κ1) is 25.1. The Labute approximate surface area is 206 Å². The van der Waals surface area contributed by atoms with Gasteiger partial charge in [-0.1, -0.05) is 35.9 Å². The Morgan fingerprint density at radius 2 is 1.69 bits per heavy atom. The molecule has 3 aromatic carbocycles. The van der Waals surface area contributed by atoms with Crippen molar-refractivity contribution in [1.82, 2.24) is 4.90 Å². The van der Waals surface area contributed by atoms with E-state index in [4.69, 9.17) is 16.3 Å². The van der Waals surface area contributed by atoms with Crippen molar-refractivity contribution < 1.29 is 31.1 Å². The summed E-state index contributed by atoms with van der Waals surface area (Å²) in [5.74, 6) is -0.955. The van der Waals surface area contributed by atoms with Gasteiger partial charge in [-0.15, -0.1) is 0 Å². The van der Waals surface area contributed by atoms with E-state index in [0.717, 1.165) is 53.6 Å². The number of ether oxygens (including phenoxy) is 1. The predicted molar refractivity (Wildman–Crippen MR) is 126 cm³/mol. The molecule has 0 saturated heterocycles. The summed E-state index contributed by atoms with van der Waals surface area (Å²) in [6.45, 7) is 1.25. The summed E-state index contributed by atoms with van der Waals surface area (Å²) in [4.78, 5) is 14.7. The molecule has 1 aliphatic rings. The van der Waals surface area contributed by atoms with Gasteiger partial charge < -0.3 is 9.64 Å². The Morgan fingerprint density at radius 3 is 2.34 bits per heavy atom. The van der Waals surface area contributed by atoms with Crippen LogP contribution in [0.15, 0.2) is 65.6 Å². The van der Waals surface area contributed by atoms with Crippen molar-refractivity contribution in [1.29, 1.82) is 0 Å². The van der Waals surface area contributed by atoms with Crippen molar-refractivity contribution in [2.45, 2.75) is 37.2 Å². The van der Waals surface area contributed by atoms with Gasteiger partial charge in [0.1, 0.15) is 5.75 Å². The summed E-state index contributed by atoms with van der Waals surface area (Å²) in [5.41, 5.74) is 3.33. The highest BCUT2D eigenvalue weighted by Crippen LogP contribution is 2.34. The molecule has 3 aromatic rings. The topological polar surface area (TPSA) is 63.7 Å². The standard InChI is InChI=1S/C25H21ClF3NO4S/c1-15(25(27,28)29)34-23-9-8-21(35(2,32)33)12-22(23)24(31)30-13-18-7-6-17(10-19(18)14-30)16-4-3-5-20(26)11-16/h3-12,15H,13-14H2,1-2H3. The number of benzene rings is 3. The zero-order valence-corrected chi connectivity index (χ0v) is 20.3. The van der Waals surface area contributed by atoms with Gasteiger partial charge in [-0.05, 0) is 65.6 Å². The van der Waals surface area contributed by atoms with Gasteiger partial charge in [-0.3, -0.25) is 4.79 Å². The van der Waals surface area contributed by atoms with Gasteiger partial charge in [0.05, 0.1) is 10.5 Å². The third kappa shape index (κ3) is 5.46. The molecule has 4 rings (SSSR count). The average molecular weight is 524 g/mol. The van der Waals surface area contributed by atoms with Crippen molar-refractivity contribution >= 4 is 27.3 Å². The molecule has 0 bridgehead atoms. The third-order valence-electron chi connectivity index (χ3n) is 5.75. The minimum Gasteiger partial charge on any atom is -0.480 e. The minimum atomic E-state index is -4.66. The highest BCUT2D eigenvalue weighted by Gasteiger charge is 2.39. The molecule has 0 fully saturated rings. The van der Waals surface area contributed by atoms with Crippen molar-refractivity contribution in [3.63, 3.8) is 0 Å². The van der Waals surface area contributed by atoms with Crippen molar-refractivity contribution in [3.05, 3.63) is 82.4 Å². The second-order valence-corrected chi connectivity index (χ2v) is 10.8. The molecule has 0 radical (unpaired) electrons. The van der Waals surface area contributed by atoms with E-state index in [2.05, 4.69) is 0 Å². The molecule has 1 aliphatic heterocycles. The van der Waals surface area contributed by atoms with Crippen molar-refractivity contribution in [2.75, 3.05) is 6.26 Å². The summed E-state index contributed by atoms with van der Waals surface area (Å²) in [6, 6.07) is 16.3. The molecular weight excluding hydrogens is 503 g/mol. The lowest BCUT2D eigenvalue weighted by Gasteiger charge is -2.22. The molecule has 1 unspecified atom stereocenters. The van der Waals surface area contributed by atoms with Crippen LogP contribution in [0.2, 0.25) is 5.02 Å². The Morgan fingerprint density at radius 1 is 1.00 bits per heavy atom. The van der Waals surface area contributed by atoms with Crippen LogP contribution in [0.3, 0.4) is 0 Å². The van der Waals surface area contributed by atoms with Gasteiger partial charge in [0, 0.05) is 24.4 Å². The maximum absolute atomic E-state index is 13.4. The van der Waals surface area contributed by atoms with Gasteiger partial charge in [0.25, 0.3) is 5.91 Å². The highest BCUT2D eigenvalue weighted by atomic mass is 35.5. The normalized spacial score (nSPS) is 14.5. The fourth-order valence-electron chi connectivity index (χ4n) is 3.82. The van der Waals surface area contributed by atoms with Crippen LogP contribution in [0, 0.1) is 0 Å². The van der Waals surface area contributed by atoms with Crippen molar-refractivity contribution in [3.8, 4) is 16.9 Å². The van der Waals surface area contributed by atoms with Crippen LogP contribution < -0.4 is 4.74 Å². The number of fused-ring (bicyclic) bond motifs is 1. The first-order chi connectivity index (χ1) is 16.3. The maximum atomic E-state index is 13.4. The summed E-state index contributed by atoms with van der Waals surface area (Å²) in [5, 5.41) is 0.589. The number of carbonyl (C=O) groups is 1. The van der Waals surface area contributed by atoms with E-state index in [1.165, 1.54) is 4.90 Å². The van der Waals surface area contributed by atoms with E-state index in [-0.39, 0.29) is 29.3 Å². The Hall–Kier alpha value is -3.04. The van der Waals surface area contributed by atoms with Crippen LogP contribution in [-0.2, 0) is 22.9 Å². The maximum Gasteiger partial charge on any atom is 0.425 e. The number of rotatable bonds is 5. The van der Waals surface area contributed by atoms with Gasteiger partial charge >= 0.3 is 6.18 Å². The van der Waals surface area contributed by atoms with Crippen LogP contribution in [0.5, 0.6) is 5.75 Å². The molecule has 184 valence electrons. The summed E-state index contributed by atoms with van der Waals surface area (Å²) in [7, 11) is -3.71. The molecule has 0 aliphatic carbocycles. The van der Waals surface area contributed by atoms with E-state index in [1.54, 1.807) is 6.07 Å². The minimum absolute atomic E-state index is 0.187. The number of alkyl halides is 3. The van der Waals surface area contributed by atoms with Crippen molar-refractivity contribution in [2.24, 2.45) is 0 Å². The Bertz CT molecular complexity index is 1410. The number of halogens is 4. The molecule has 35 heavy (non-hydrogen) atoms. The number of sulfone groups is 1. The lowest BCUT2D eigenvalue weighted by atomic mass is 10.0. The predicted octanol–water partition coefficient (Wildman–Crippen LogP) is 5.90. The molecule has 5 nitrogen and oxygen atoms in total. The van der Waals surface area contributed by atoms with Crippen LogP contribution in [0.25, 0.3) is 11.1 Å². The van der Waals surface area contributed by atoms with Gasteiger partial charge in [-0.25, -0.2) is 8.42 Å². The van der Waals surface area contributed by atoms with Crippen LogP contribution in [0.4, 0.5) is 13.2 Å². The molecule has 1 heterocycles. The zero-order valence-electron chi connectivity index (χ0n) is 18.8. The van der Waals surface area contributed by atoms with Gasteiger partial charge in [0.2, 0.25) is 0 Å². The number of amides is 1. The first-order valence-corrected chi connectivity index (χ1v) is 12.8. The van der Waals surface area contributed by atoms with E-state index in [9.17, 15) is 26.4 Å². The second-order valence-electron chi connectivity index (χ2n) is 8.39. The van der Waals surface area contributed by atoms with Crippen LogP contribution in [0.1, 0.15) is 28.4 Å². The van der Waals surface area contributed by atoms with E-state index in [0.29, 0.717) is 5.02 Å². The van der Waals surface area contributed by atoms with Crippen LogP contribution in [-0.4, -0.2) is 37.8 Å². The average Bonchev–Trinajstić information content (AvgIpc) is 3.21. The molecule has 0 aromatic heterocycles. The van der Waals surface area contributed by atoms with E-state index >= 15 is 0 Å². The lowest BCUT2D eigenvalue weighted by Crippen LogP contribution is -2.32. The number of carbonyl (C=O) groups excluding carboxylic acids is 1. The number of hydrogen-bond donors (Lipinski definition) is 0. The monoisotopic (exact) mass is 523 g/mol. The fourth-order valence-corrected chi connectivity index (χ4v) is 4.66. The number of nitrogens with zero attached hydrogens (tertiary/aromatic N) is 1. The second kappa shape index (κ2) is 9.20. The Balaban J connectivity index is 1.65. The fraction of sp³-hybridized carbons (Fsp3) is 0.240. The number of hydrogen-bond acceptors (Lipinski definition) is 4. The third-order valence-corrected chi connectivity index (χ3v) is 7.09. The summed E-state index contributed by atoms with van der Waals surface area (Å²) >= 11 is 6.09. The zero-order chi connectivity index (χ0) is 25.5. The largest absolute Gasteiger partial charge is 0.480 e. The summed E-state index contributed by atoms with van der Waals surface area (Å²) in [6.07, 6.45) is -5.89. The highest BCUT2D eigenvalue weighted by molar-refractivity contribution is 7.90. The molecule has 1 atom stereocenters. The van der Waals surface area contributed by atoms with Crippen LogP contribution >= 0.6 is 11.6 Å². The van der Waals surface area contributed by atoms with E-state index in [1.807, 2.05) is 36.4 Å². The SMILES string of the molecule is CC(Oc1ccc(S(C)(=O)=O)cc1C(=O)N1Cc2ccc(-c3cccc(Cl)c3)cc2C1)C(F)(F)F. The summed E-state index contributed by atoms with van der Waals surface area (Å²) < 4.78 is 68.4. The first-order valence-electron chi connectivity index (χ1n) is 10.6.